The van der Waals surface area contributed by atoms with Gasteiger partial charge >= 0.3 is 0 Å². The molecule has 1 heterocycles. The third-order valence-electron chi connectivity index (χ3n) is 2.97. The Bertz CT molecular complexity index is 721. The molecular weight excluding hydrogens is 270 g/mol. The fourth-order valence-corrected chi connectivity index (χ4v) is 2.91. The molecule has 0 aliphatic rings. The van der Waals surface area contributed by atoms with E-state index >= 15 is 0 Å². The monoisotopic (exact) mass is 283 g/mol. The first-order valence-electron chi connectivity index (χ1n) is 6.27. The van der Waals surface area contributed by atoms with Gasteiger partial charge in [-0.15, -0.1) is 11.3 Å². The van der Waals surface area contributed by atoms with Crippen LogP contribution in [-0.2, 0) is 11.4 Å². The van der Waals surface area contributed by atoms with Crippen molar-refractivity contribution in [1.29, 1.82) is 0 Å². The van der Waals surface area contributed by atoms with Crippen LogP contribution in [0, 0.1) is 0 Å². The number of hydroxylamine groups is 1. The second-order valence-electron chi connectivity index (χ2n) is 4.35. The van der Waals surface area contributed by atoms with E-state index in [1.165, 1.54) is 0 Å². The van der Waals surface area contributed by atoms with E-state index in [1.54, 1.807) is 11.3 Å². The lowest BCUT2D eigenvalue weighted by Gasteiger charge is -2.05. The number of fused-ring (bicyclic) bond motifs is 1. The minimum absolute atomic E-state index is 0.210. The van der Waals surface area contributed by atoms with Gasteiger partial charge in [-0.2, -0.15) is 0 Å². The lowest BCUT2D eigenvalue weighted by Crippen LogP contribution is -2.23. The Morgan fingerprint density at radius 1 is 1.05 bits per heavy atom. The smallest absolute Gasteiger partial charge is 0.269 e. The van der Waals surface area contributed by atoms with Crippen molar-refractivity contribution in [2.45, 2.75) is 6.61 Å². The third-order valence-corrected chi connectivity index (χ3v) is 3.94. The van der Waals surface area contributed by atoms with Gasteiger partial charge in [0.1, 0.15) is 0 Å². The Balaban J connectivity index is 1.65. The van der Waals surface area contributed by atoms with Crippen molar-refractivity contribution >= 4 is 27.3 Å². The summed E-state index contributed by atoms with van der Waals surface area (Å²) < 4.78 is 1.10. The topological polar surface area (TPSA) is 38.3 Å². The maximum Gasteiger partial charge on any atom is 0.276 e. The summed E-state index contributed by atoms with van der Waals surface area (Å²) in [5.74, 6) is -0.210. The number of amides is 1. The minimum Gasteiger partial charge on any atom is -0.269 e. The summed E-state index contributed by atoms with van der Waals surface area (Å²) in [7, 11) is 0. The van der Waals surface area contributed by atoms with E-state index in [4.69, 9.17) is 4.84 Å². The van der Waals surface area contributed by atoms with Gasteiger partial charge < -0.3 is 0 Å². The Kier molecular flexibility index (Phi) is 3.76. The molecule has 1 N–H and O–H groups in total. The van der Waals surface area contributed by atoms with E-state index in [0.29, 0.717) is 12.2 Å². The number of hydrogen-bond donors (Lipinski definition) is 1. The fourth-order valence-electron chi connectivity index (χ4n) is 1.97. The van der Waals surface area contributed by atoms with Crippen LogP contribution in [-0.4, -0.2) is 5.91 Å². The number of carbonyl (C=O) groups excluding carboxylic acids is 1. The van der Waals surface area contributed by atoms with Gasteiger partial charge in [0, 0.05) is 15.5 Å². The van der Waals surface area contributed by atoms with Crippen LogP contribution in [0.3, 0.4) is 0 Å². The van der Waals surface area contributed by atoms with E-state index in [9.17, 15) is 4.79 Å². The van der Waals surface area contributed by atoms with Gasteiger partial charge in [0.25, 0.3) is 5.91 Å². The molecule has 4 heteroatoms. The first-order valence-corrected chi connectivity index (χ1v) is 7.15. The van der Waals surface area contributed by atoms with E-state index in [2.05, 4.69) is 5.48 Å². The van der Waals surface area contributed by atoms with Crippen molar-refractivity contribution in [2.24, 2.45) is 0 Å². The molecule has 0 spiro atoms. The van der Waals surface area contributed by atoms with Gasteiger partial charge in [-0.05, 0) is 11.6 Å². The Hall–Kier alpha value is -2.17. The highest BCUT2D eigenvalue weighted by Crippen LogP contribution is 2.25. The average Bonchev–Trinajstić information content (AvgIpc) is 2.92. The number of thiophene rings is 1. The highest BCUT2D eigenvalue weighted by Gasteiger charge is 2.11. The summed E-state index contributed by atoms with van der Waals surface area (Å²) in [5.41, 5.74) is 4.16. The Morgan fingerprint density at radius 2 is 1.80 bits per heavy atom. The molecule has 1 amide bonds. The SMILES string of the molecule is O=C(NOCc1ccccc1)c1csc2ccccc12. The minimum atomic E-state index is -0.210. The first kappa shape index (κ1) is 12.8. The number of benzene rings is 2. The lowest BCUT2D eigenvalue weighted by atomic mass is 10.2. The van der Waals surface area contributed by atoms with Crippen LogP contribution >= 0.6 is 11.3 Å². The average molecular weight is 283 g/mol. The fraction of sp³-hybridized carbons (Fsp3) is 0.0625. The van der Waals surface area contributed by atoms with Crippen LogP contribution in [0.15, 0.2) is 60.0 Å². The summed E-state index contributed by atoms with van der Waals surface area (Å²) in [4.78, 5) is 17.3. The highest BCUT2D eigenvalue weighted by molar-refractivity contribution is 7.17. The van der Waals surface area contributed by atoms with Crippen LogP contribution in [0.4, 0.5) is 0 Å². The standard InChI is InChI=1S/C16H13NO2S/c18-16(17-19-10-12-6-2-1-3-7-12)14-11-20-15-9-5-4-8-13(14)15/h1-9,11H,10H2,(H,17,18). The molecule has 0 aliphatic carbocycles. The molecule has 0 fully saturated rings. The zero-order chi connectivity index (χ0) is 13.8. The molecule has 0 radical (unpaired) electrons. The molecule has 0 aliphatic heterocycles. The quantitative estimate of drug-likeness (QED) is 0.740. The van der Waals surface area contributed by atoms with Crippen LogP contribution in [0.5, 0.6) is 0 Å². The molecule has 20 heavy (non-hydrogen) atoms. The van der Waals surface area contributed by atoms with Crippen LogP contribution in [0.25, 0.3) is 10.1 Å². The summed E-state index contributed by atoms with van der Waals surface area (Å²) >= 11 is 1.56. The third kappa shape index (κ3) is 2.71. The van der Waals surface area contributed by atoms with Crippen LogP contribution in [0.1, 0.15) is 15.9 Å². The van der Waals surface area contributed by atoms with Crippen molar-refractivity contribution in [3.63, 3.8) is 0 Å². The van der Waals surface area contributed by atoms with Gasteiger partial charge in [-0.25, -0.2) is 5.48 Å². The van der Waals surface area contributed by atoms with E-state index < -0.39 is 0 Å². The molecule has 1 aromatic heterocycles. The molecule has 3 rings (SSSR count). The van der Waals surface area contributed by atoms with Gasteiger partial charge in [0.2, 0.25) is 0 Å². The van der Waals surface area contributed by atoms with Crippen molar-refractivity contribution in [1.82, 2.24) is 5.48 Å². The van der Waals surface area contributed by atoms with E-state index in [0.717, 1.165) is 15.6 Å². The molecule has 0 atom stereocenters. The summed E-state index contributed by atoms with van der Waals surface area (Å²) in [6.07, 6.45) is 0. The molecular formula is C16H13NO2S. The van der Waals surface area contributed by atoms with Crippen LogP contribution in [0.2, 0.25) is 0 Å². The van der Waals surface area contributed by atoms with Gasteiger partial charge in [0.15, 0.2) is 0 Å². The summed E-state index contributed by atoms with van der Waals surface area (Å²) in [6, 6.07) is 17.6. The van der Waals surface area contributed by atoms with Crippen molar-refractivity contribution < 1.29 is 9.63 Å². The van der Waals surface area contributed by atoms with Crippen molar-refractivity contribution in [3.8, 4) is 0 Å². The van der Waals surface area contributed by atoms with Gasteiger partial charge in [0.05, 0.1) is 12.2 Å². The molecule has 3 aromatic rings. The second-order valence-corrected chi connectivity index (χ2v) is 5.26. The largest absolute Gasteiger partial charge is 0.276 e. The zero-order valence-corrected chi connectivity index (χ0v) is 11.5. The molecule has 100 valence electrons. The van der Waals surface area contributed by atoms with E-state index in [1.807, 2.05) is 60.0 Å². The van der Waals surface area contributed by atoms with Gasteiger partial charge in [-0.1, -0.05) is 48.5 Å². The van der Waals surface area contributed by atoms with Crippen LogP contribution < -0.4 is 5.48 Å². The normalized spacial score (nSPS) is 10.6. The molecule has 0 bridgehead atoms. The summed E-state index contributed by atoms with van der Waals surface area (Å²) in [5, 5.41) is 2.81. The maximum absolute atomic E-state index is 12.1. The van der Waals surface area contributed by atoms with Gasteiger partial charge in [-0.3, -0.25) is 9.63 Å². The molecule has 2 aromatic carbocycles. The predicted molar refractivity (Wildman–Crippen MR) is 80.5 cm³/mol. The maximum atomic E-state index is 12.1. The Morgan fingerprint density at radius 3 is 2.65 bits per heavy atom. The number of nitrogens with one attached hydrogen (secondary N) is 1. The molecule has 3 nitrogen and oxygen atoms in total. The number of carbonyl (C=O) groups is 1. The Labute approximate surface area is 120 Å². The lowest BCUT2D eigenvalue weighted by molar-refractivity contribution is 0.0235. The first-order chi connectivity index (χ1) is 9.84. The zero-order valence-electron chi connectivity index (χ0n) is 10.7. The summed E-state index contributed by atoms with van der Waals surface area (Å²) in [6.45, 7) is 0.356. The predicted octanol–water partition coefficient (Wildman–Crippen LogP) is 3.76. The number of hydrogen-bond acceptors (Lipinski definition) is 3. The second kappa shape index (κ2) is 5.86. The van der Waals surface area contributed by atoms with Crippen molar-refractivity contribution in [3.05, 3.63) is 71.1 Å². The van der Waals surface area contributed by atoms with E-state index in [-0.39, 0.29) is 5.91 Å². The highest BCUT2D eigenvalue weighted by atomic mass is 32.1. The van der Waals surface area contributed by atoms with Crippen molar-refractivity contribution in [2.75, 3.05) is 0 Å². The number of rotatable bonds is 4. The molecule has 0 unspecified atom stereocenters. The molecule has 0 saturated heterocycles. The molecule has 0 saturated carbocycles.